The summed E-state index contributed by atoms with van der Waals surface area (Å²) in [5.74, 6) is -0.771. The van der Waals surface area contributed by atoms with Crippen LogP contribution in [0.1, 0.15) is 30.1 Å². The lowest BCUT2D eigenvalue weighted by molar-refractivity contribution is 0.1000. The molecule has 4 N–H and O–H groups in total. The summed E-state index contributed by atoms with van der Waals surface area (Å²) in [6.45, 7) is 1.87. The summed E-state index contributed by atoms with van der Waals surface area (Å²) in [4.78, 5) is 15.8. The zero-order valence-electron chi connectivity index (χ0n) is 14.8. The molecule has 27 heavy (non-hydrogen) atoms. The van der Waals surface area contributed by atoms with Crippen molar-refractivity contribution in [3.05, 3.63) is 48.3 Å². The number of primary amides is 1. The van der Waals surface area contributed by atoms with E-state index in [0.29, 0.717) is 22.3 Å². The van der Waals surface area contributed by atoms with E-state index in [0.717, 1.165) is 19.0 Å². The van der Waals surface area contributed by atoms with Crippen LogP contribution < -0.4 is 11.1 Å². The van der Waals surface area contributed by atoms with Crippen molar-refractivity contribution >= 4 is 17.1 Å². The van der Waals surface area contributed by atoms with Crippen molar-refractivity contribution in [2.24, 2.45) is 11.7 Å². The molecule has 140 valence electrons. The van der Waals surface area contributed by atoms with Crippen molar-refractivity contribution in [2.75, 3.05) is 5.32 Å². The maximum Gasteiger partial charge on any atom is 0.252 e. The molecular weight excluding hydrogens is 349 g/mol. The highest BCUT2D eigenvalue weighted by Gasteiger charge is 2.34. The molecule has 3 aromatic heterocycles. The Morgan fingerprint density at radius 2 is 2.11 bits per heavy atom. The van der Waals surface area contributed by atoms with Gasteiger partial charge < -0.3 is 16.2 Å². The molecule has 3 aromatic rings. The molecule has 1 fully saturated rings. The van der Waals surface area contributed by atoms with Gasteiger partial charge in [-0.2, -0.15) is 5.10 Å². The van der Waals surface area contributed by atoms with Crippen molar-refractivity contribution in [3.63, 3.8) is 0 Å². The highest BCUT2D eigenvalue weighted by atomic mass is 19.1. The highest BCUT2D eigenvalue weighted by Crippen LogP contribution is 2.35. The number of carbonyl (C=O) groups is 1. The molecule has 2 atom stereocenters. The molecule has 1 amide bonds. The Kier molecular flexibility index (Phi) is 4.27. The Balaban J connectivity index is 1.78. The van der Waals surface area contributed by atoms with Gasteiger partial charge in [-0.1, -0.05) is 0 Å². The molecule has 1 aliphatic carbocycles. The fourth-order valence-corrected chi connectivity index (χ4v) is 3.28. The van der Waals surface area contributed by atoms with Crippen LogP contribution in [0.3, 0.4) is 0 Å². The standard InChI is InChI=1S/C19H20FN5O2/c1-10(18(26)11-2-3-11)24-17-15(19(21)27)8-23-25-9-13(5-16(17)25)12-4-14(20)7-22-6-12/h4-11,18,24,26H,2-3H2,1H3,(H2,21,27). The highest BCUT2D eigenvalue weighted by molar-refractivity contribution is 6.02. The number of hydrogen-bond acceptors (Lipinski definition) is 5. The van der Waals surface area contributed by atoms with E-state index in [2.05, 4.69) is 15.4 Å². The Morgan fingerprint density at radius 3 is 2.78 bits per heavy atom. The lowest BCUT2D eigenvalue weighted by atomic mass is 10.1. The van der Waals surface area contributed by atoms with E-state index in [-0.39, 0.29) is 17.5 Å². The summed E-state index contributed by atoms with van der Waals surface area (Å²) in [5.41, 5.74) is 8.16. The molecule has 1 aliphatic rings. The number of nitrogens with zero attached hydrogens (tertiary/aromatic N) is 3. The van der Waals surface area contributed by atoms with Gasteiger partial charge in [0.1, 0.15) is 5.82 Å². The number of aliphatic hydroxyl groups is 1. The van der Waals surface area contributed by atoms with E-state index in [1.165, 1.54) is 12.3 Å². The number of anilines is 1. The third-order valence-electron chi connectivity index (χ3n) is 4.93. The van der Waals surface area contributed by atoms with Crippen LogP contribution in [0, 0.1) is 11.7 Å². The molecular formula is C19H20FN5O2. The number of hydrogen-bond donors (Lipinski definition) is 3. The van der Waals surface area contributed by atoms with E-state index in [1.54, 1.807) is 23.0 Å². The minimum absolute atomic E-state index is 0.236. The summed E-state index contributed by atoms with van der Waals surface area (Å²) in [6, 6.07) is 2.90. The minimum atomic E-state index is -0.615. The van der Waals surface area contributed by atoms with Crippen LogP contribution >= 0.6 is 0 Å². The molecule has 0 aromatic carbocycles. The predicted molar refractivity (Wildman–Crippen MR) is 98.7 cm³/mol. The molecule has 0 bridgehead atoms. The van der Waals surface area contributed by atoms with Crippen LogP contribution in [0.4, 0.5) is 10.1 Å². The number of carbonyl (C=O) groups excluding carboxylic acids is 1. The van der Waals surface area contributed by atoms with Crippen molar-refractivity contribution in [2.45, 2.75) is 31.9 Å². The van der Waals surface area contributed by atoms with Crippen LogP contribution in [0.25, 0.3) is 16.6 Å². The monoisotopic (exact) mass is 369 g/mol. The first kappa shape index (κ1) is 17.4. The molecule has 0 spiro atoms. The largest absolute Gasteiger partial charge is 0.391 e. The van der Waals surface area contributed by atoms with Gasteiger partial charge in [0.15, 0.2) is 0 Å². The first-order chi connectivity index (χ1) is 12.9. The minimum Gasteiger partial charge on any atom is -0.391 e. The van der Waals surface area contributed by atoms with Crippen molar-refractivity contribution in [3.8, 4) is 11.1 Å². The molecule has 7 nitrogen and oxygen atoms in total. The normalized spacial score (nSPS) is 16.3. The second kappa shape index (κ2) is 6.62. The number of aliphatic hydroxyl groups excluding tert-OH is 1. The average Bonchev–Trinajstić information content (AvgIpc) is 3.39. The van der Waals surface area contributed by atoms with Crippen LogP contribution in [0.5, 0.6) is 0 Å². The maximum atomic E-state index is 13.5. The number of aromatic nitrogens is 3. The number of pyridine rings is 1. The van der Waals surface area contributed by atoms with E-state index in [1.807, 2.05) is 6.92 Å². The van der Waals surface area contributed by atoms with Gasteiger partial charge in [-0.05, 0) is 37.8 Å². The Labute approximate surface area is 155 Å². The molecule has 3 heterocycles. The first-order valence-electron chi connectivity index (χ1n) is 8.80. The van der Waals surface area contributed by atoms with Gasteiger partial charge in [0.05, 0.1) is 35.3 Å². The molecule has 0 saturated heterocycles. The number of amides is 1. The Bertz CT molecular complexity index is 1010. The molecule has 0 radical (unpaired) electrons. The number of nitrogens with one attached hydrogen (secondary N) is 1. The van der Waals surface area contributed by atoms with E-state index in [4.69, 9.17) is 5.73 Å². The van der Waals surface area contributed by atoms with Gasteiger partial charge in [-0.25, -0.2) is 8.91 Å². The lowest BCUT2D eigenvalue weighted by Crippen LogP contribution is -2.33. The Morgan fingerprint density at radius 1 is 1.33 bits per heavy atom. The number of nitrogens with two attached hydrogens (primary N) is 1. The van der Waals surface area contributed by atoms with E-state index < -0.39 is 17.8 Å². The summed E-state index contributed by atoms with van der Waals surface area (Å²) in [6.07, 6.45) is 7.30. The molecule has 8 heteroatoms. The average molecular weight is 369 g/mol. The van der Waals surface area contributed by atoms with E-state index in [9.17, 15) is 14.3 Å². The lowest BCUT2D eigenvalue weighted by Gasteiger charge is -2.22. The van der Waals surface area contributed by atoms with Gasteiger partial charge in [0.2, 0.25) is 0 Å². The molecule has 4 rings (SSSR count). The summed E-state index contributed by atoms with van der Waals surface area (Å²) in [5, 5.41) is 17.8. The number of fused-ring (bicyclic) bond motifs is 1. The molecule has 1 saturated carbocycles. The van der Waals surface area contributed by atoms with Crippen LogP contribution in [0.2, 0.25) is 0 Å². The van der Waals surface area contributed by atoms with Gasteiger partial charge in [-0.3, -0.25) is 9.78 Å². The number of halogens is 1. The topological polar surface area (TPSA) is 106 Å². The zero-order valence-corrected chi connectivity index (χ0v) is 14.8. The van der Waals surface area contributed by atoms with Crippen molar-refractivity contribution in [1.29, 1.82) is 0 Å². The quantitative estimate of drug-likeness (QED) is 0.618. The summed E-state index contributed by atoms with van der Waals surface area (Å²) in [7, 11) is 0. The Hall–Kier alpha value is -3.00. The van der Waals surface area contributed by atoms with Crippen LogP contribution in [0.15, 0.2) is 36.9 Å². The maximum absolute atomic E-state index is 13.5. The summed E-state index contributed by atoms with van der Waals surface area (Å²) < 4.78 is 15.1. The van der Waals surface area contributed by atoms with Crippen LogP contribution in [-0.2, 0) is 0 Å². The van der Waals surface area contributed by atoms with Crippen molar-refractivity contribution in [1.82, 2.24) is 14.6 Å². The predicted octanol–water partition coefficient (Wildman–Crippen LogP) is 2.21. The third kappa shape index (κ3) is 3.35. The molecule has 0 aliphatic heterocycles. The first-order valence-corrected chi connectivity index (χ1v) is 8.80. The second-order valence-corrected chi connectivity index (χ2v) is 7.01. The second-order valence-electron chi connectivity index (χ2n) is 7.01. The third-order valence-corrected chi connectivity index (χ3v) is 4.93. The van der Waals surface area contributed by atoms with E-state index >= 15 is 0 Å². The smallest absolute Gasteiger partial charge is 0.252 e. The van der Waals surface area contributed by atoms with Gasteiger partial charge >= 0.3 is 0 Å². The SMILES string of the molecule is CC(Nc1c(C(N)=O)cnn2cc(-c3cncc(F)c3)cc12)C(O)C1CC1. The van der Waals surface area contributed by atoms with Gasteiger partial charge in [0.25, 0.3) is 5.91 Å². The van der Waals surface area contributed by atoms with Crippen molar-refractivity contribution < 1.29 is 14.3 Å². The fraction of sp³-hybridized carbons (Fsp3) is 0.316. The summed E-state index contributed by atoms with van der Waals surface area (Å²) >= 11 is 0. The number of rotatable bonds is 6. The zero-order chi connectivity index (χ0) is 19.1. The van der Waals surface area contributed by atoms with Crippen LogP contribution in [-0.4, -0.2) is 37.8 Å². The van der Waals surface area contributed by atoms with Gasteiger partial charge in [-0.15, -0.1) is 0 Å². The fourth-order valence-electron chi connectivity index (χ4n) is 3.28. The van der Waals surface area contributed by atoms with Gasteiger partial charge in [0, 0.05) is 29.6 Å². The molecule has 2 unspecified atom stereocenters.